The molecular weight excluding hydrogens is 343 g/mol. The molecular formula is C22H23FN2O2. The topological polar surface area (TPSA) is 45.6 Å². The molecule has 0 saturated carbocycles. The summed E-state index contributed by atoms with van der Waals surface area (Å²) in [5, 5.41) is 11.2. The predicted octanol–water partition coefficient (Wildman–Crippen LogP) is 4.24. The molecule has 0 aliphatic carbocycles. The number of benzene rings is 2. The van der Waals surface area contributed by atoms with E-state index in [2.05, 4.69) is 11.0 Å². The normalized spacial score (nSPS) is 15.9. The van der Waals surface area contributed by atoms with E-state index in [0.29, 0.717) is 13.2 Å². The van der Waals surface area contributed by atoms with Crippen LogP contribution in [0, 0.1) is 12.7 Å². The lowest BCUT2D eigenvalue weighted by molar-refractivity contribution is 0.122. The second-order valence-electron chi connectivity index (χ2n) is 7.06. The van der Waals surface area contributed by atoms with E-state index in [-0.39, 0.29) is 5.82 Å². The third-order valence-corrected chi connectivity index (χ3v) is 5.01. The van der Waals surface area contributed by atoms with Gasteiger partial charge in [-0.3, -0.25) is 0 Å². The lowest BCUT2D eigenvalue weighted by atomic mass is 9.97. The van der Waals surface area contributed by atoms with E-state index < -0.39 is 6.10 Å². The van der Waals surface area contributed by atoms with Crippen molar-refractivity contribution >= 4 is 16.7 Å². The Kier molecular flexibility index (Phi) is 4.81. The molecule has 1 unspecified atom stereocenters. The highest BCUT2D eigenvalue weighted by atomic mass is 19.1. The molecule has 27 heavy (non-hydrogen) atoms. The summed E-state index contributed by atoms with van der Waals surface area (Å²) in [6, 6.07) is 12.6. The molecule has 0 amide bonds. The van der Waals surface area contributed by atoms with Crippen molar-refractivity contribution in [1.29, 1.82) is 0 Å². The highest BCUT2D eigenvalue weighted by molar-refractivity contribution is 5.92. The first-order valence-corrected chi connectivity index (χ1v) is 9.25. The highest BCUT2D eigenvalue weighted by Gasteiger charge is 2.20. The number of hydrogen-bond acceptors (Lipinski definition) is 4. The van der Waals surface area contributed by atoms with Crippen molar-refractivity contribution in [3.63, 3.8) is 0 Å². The fourth-order valence-electron chi connectivity index (χ4n) is 3.64. The van der Waals surface area contributed by atoms with Crippen LogP contribution in [0.4, 0.5) is 10.2 Å². The van der Waals surface area contributed by atoms with Crippen LogP contribution in [0.1, 0.15) is 24.2 Å². The second-order valence-corrected chi connectivity index (χ2v) is 7.06. The Morgan fingerprint density at radius 3 is 2.48 bits per heavy atom. The molecule has 2 aromatic carbocycles. The fraction of sp³-hybridized carbons (Fsp3) is 0.318. The highest BCUT2D eigenvalue weighted by Crippen LogP contribution is 2.36. The van der Waals surface area contributed by atoms with Crippen LogP contribution < -0.4 is 4.90 Å². The molecule has 0 spiro atoms. The van der Waals surface area contributed by atoms with Crippen LogP contribution in [-0.4, -0.2) is 36.4 Å². The number of ether oxygens (including phenoxy) is 1. The Balaban J connectivity index is 1.97. The van der Waals surface area contributed by atoms with E-state index in [4.69, 9.17) is 9.72 Å². The Bertz CT molecular complexity index is 964. The molecule has 2 heterocycles. The van der Waals surface area contributed by atoms with Crippen molar-refractivity contribution in [2.24, 2.45) is 0 Å². The van der Waals surface area contributed by atoms with E-state index >= 15 is 0 Å². The zero-order valence-electron chi connectivity index (χ0n) is 15.6. The minimum atomic E-state index is -0.593. The molecule has 1 aliphatic heterocycles. The number of fused-ring (bicyclic) bond motifs is 1. The largest absolute Gasteiger partial charge is 0.389 e. The van der Waals surface area contributed by atoms with Gasteiger partial charge < -0.3 is 14.7 Å². The number of nitrogens with zero attached hydrogens (tertiary/aromatic N) is 2. The summed E-state index contributed by atoms with van der Waals surface area (Å²) in [6.45, 7) is 6.63. The van der Waals surface area contributed by atoms with Crippen LogP contribution in [0.25, 0.3) is 22.0 Å². The number of aliphatic hydroxyl groups is 1. The van der Waals surface area contributed by atoms with Crippen LogP contribution in [-0.2, 0) is 4.74 Å². The average Bonchev–Trinajstić information content (AvgIpc) is 2.67. The third kappa shape index (κ3) is 3.53. The first kappa shape index (κ1) is 17.9. The summed E-state index contributed by atoms with van der Waals surface area (Å²) in [7, 11) is 0. The van der Waals surface area contributed by atoms with Crippen LogP contribution in [0.3, 0.4) is 0 Å². The summed E-state index contributed by atoms with van der Waals surface area (Å²) in [5.74, 6) is 0.611. The van der Waals surface area contributed by atoms with Gasteiger partial charge in [-0.15, -0.1) is 0 Å². The van der Waals surface area contributed by atoms with Crippen molar-refractivity contribution in [2.75, 3.05) is 31.2 Å². The molecule has 1 fully saturated rings. The zero-order chi connectivity index (χ0) is 19.0. The average molecular weight is 366 g/mol. The minimum absolute atomic E-state index is 0.263. The van der Waals surface area contributed by atoms with E-state index in [1.807, 2.05) is 19.1 Å². The number of halogens is 1. The van der Waals surface area contributed by atoms with Gasteiger partial charge in [-0.25, -0.2) is 9.37 Å². The number of rotatable bonds is 3. The van der Waals surface area contributed by atoms with Gasteiger partial charge >= 0.3 is 0 Å². The van der Waals surface area contributed by atoms with E-state index in [9.17, 15) is 9.50 Å². The minimum Gasteiger partial charge on any atom is -0.389 e. The van der Waals surface area contributed by atoms with E-state index in [1.165, 1.54) is 12.1 Å². The van der Waals surface area contributed by atoms with Gasteiger partial charge in [0.2, 0.25) is 0 Å². The van der Waals surface area contributed by atoms with Crippen molar-refractivity contribution in [3.8, 4) is 11.1 Å². The monoisotopic (exact) mass is 366 g/mol. The van der Waals surface area contributed by atoms with E-state index in [1.54, 1.807) is 19.1 Å². The number of anilines is 1. The summed E-state index contributed by atoms with van der Waals surface area (Å²) in [6.07, 6.45) is -0.593. The maximum Gasteiger partial charge on any atom is 0.137 e. The molecule has 3 aromatic rings. The molecule has 4 rings (SSSR count). The summed E-state index contributed by atoms with van der Waals surface area (Å²) in [4.78, 5) is 7.18. The number of pyridine rings is 1. The number of morpholine rings is 1. The number of hydrogen-bond donors (Lipinski definition) is 1. The van der Waals surface area contributed by atoms with Gasteiger partial charge in [0, 0.05) is 24.0 Å². The Labute approximate surface area is 158 Å². The maximum absolute atomic E-state index is 13.4. The SMILES string of the molecule is Cc1cc(C(C)O)c2cc(-c3ccc(F)cc3)c(N3CCOCC3)nc2c1. The predicted molar refractivity (Wildman–Crippen MR) is 106 cm³/mol. The van der Waals surface area contributed by atoms with Crippen molar-refractivity contribution in [1.82, 2.24) is 4.98 Å². The first-order chi connectivity index (χ1) is 13.0. The number of aliphatic hydroxyl groups excluding tert-OH is 1. The quantitative estimate of drug-likeness (QED) is 0.753. The lowest BCUT2D eigenvalue weighted by Gasteiger charge is -2.30. The number of aromatic nitrogens is 1. The van der Waals surface area contributed by atoms with Gasteiger partial charge in [-0.2, -0.15) is 0 Å². The third-order valence-electron chi connectivity index (χ3n) is 5.01. The molecule has 0 radical (unpaired) electrons. The molecule has 4 nitrogen and oxygen atoms in total. The van der Waals surface area contributed by atoms with E-state index in [0.717, 1.165) is 52.1 Å². The van der Waals surface area contributed by atoms with Crippen molar-refractivity contribution < 1.29 is 14.2 Å². The van der Waals surface area contributed by atoms with Gasteiger partial charge in [-0.1, -0.05) is 18.2 Å². The standard InChI is InChI=1S/C22H23FN2O2/c1-14-11-18(15(2)26)20-13-19(16-3-5-17(23)6-4-16)22(24-21(20)12-14)25-7-9-27-10-8-25/h3-6,11-13,15,26H,7-10H2,1-2H3. The summed E-state index contributed by atoms with van der Waals surface area (Å²) < 4.78 is 18.9. The van der Waals surface area contributed by atoms with Crippen LogP contribution in [0.5, 0.6) is 0 Å². The Morgan fingerprint density at radius 2 is 1.81 bits per heavy atom. The molecule has 5 heteroatoms. The second kappa shape index (κ2) is 7.25. The molecule has 0 bridgehead atoms. The van der Waals surface area contributed by atoms with Gasteiger partial charge in [0.05, 0.1) is 24.8 Å². The lowest BCUT2D eigenvalue weighted by Crippen LogP contribution is -2.37. The maximum atomic E-state index is 13.4. The summed E-state index contributed by atoms with van der Waals surface area (Å²) >= 11 is 0. The fourth-order valence-corrected chi connectivity index (χ4v) is 3.64. The van der Waals surface area contributed by atoms with Gasteiger partial charge in [0.1, 0.15) is 11.6 Å². The molecule has 1 saturated heterocycles. The Hall–Kier alpha value is -2.50. The Morgan fingerprint density at radius 1 is 1.11 bits per heavy atom. The van der Waals surface area contributed by atoms with Gasteiger partial charge in [0.25, 0.3) is 0 Å². The molecule has 1 atom stereocenters. The summed E-state index contributed by atoms with van der Waals surface area (Å²) in [5.41, 5.74) is 4.63. The van der Waals surface area contributed by atoms with Crippen molar-refractivity contribution in [2.45, 2.75) is 20.0 Å². The van der Waals surface area contributed by atoms with Crippen LogP contribution in [0.2, 0.25) is 0 Å². The van der Waals surface area contributed by atoms with Crippen LogP contribution in [0.15, 0.2) is 42.5 Å². The smallest absolute Gasteiger partial charge is 0.137 e. The molecule has 1 aliphatic rings. The van der Waals surface area contributed by atoms with Crippen molar-refractivity contribution in [3.05, 3.63) is 59.4 Å². The van der Waals surface area contributed by atoms with Gasteiger partial charge in [-0.05, 0) is 54.8 Å². The van der Waals surface area contributed by atoms with Crippen LogP contribution >= 0.6 is 0 Å². The molecule has 1 N–H and O–H groups in total. The zero-order valence-corrected chi connectivity index (χ0v) is 15.6. The molecule has 1 aromatic heterocycles. The van der Waals surface area contributed by atoms with Gasteiger partial charge in [0.15, 0.2) is 0 Å². The number of aryl methyl sites for hydroxylation is 1. The first-order valence-electron chi connectivity index (χ1n) is 9.25. The molecule has 140 valence electrons.